The van der Waals surface area contributed by atoms with Crippen molar-refractivity contribution in [1.82, 2.24) is 4.98 Å². The molecule has 4 nitrogen and oxygen atoms in total. The zero-order chi connectivity index (χ0) is 17.1. The first-order valence-electron chi connectivity index (χ1n) is 8.63. The first-order chi connectivity index (χ1) is 11.5. The lowest BCUT2D eigenvalue weighted by Crippen LogP contribution is -2.34. The monoisotopic (exact) mass is 323 g/mol. The summed E-state index contributed by atoms with van der Waals surface area (Å²) in [6.07, 6.45) is 4.21. The van der Waals surface area contributed by atoms with Crippen LogP contribution in [0.25, 0.3) is 0 Å². The Bertz CT molecular complexity index is 721. The van der Waals surface area contributed by atoms with Crippen LogP contribution >= 0.6 is 0 Å². The molecular weight excluding hydrogens is 298 g/mol. The molecule has 1 aromatic heterocycles. The topological polar surface area (TPSA) is 45.2 Å². The highest BCUT2D eigenvalue weighted by Crippen LogP contribution is 2.24. The van der Waals surface area contributed by atoms with Crippen molar-refractivity contribution in [2.75, 3.05) is 23.3 Å². The fraction of sp³-hybridized carbons (Fsp3) is 0.400. The van der Waals surface area contributed by atoms with Crippen LogP contribution in [0.4, 0.5) is 11.4 Å². The van der Waals surface area contributed by atoms with Gasteiger partial charge >= 0.3 is 0 Å². The minimum absolute atomic E-state index is 0.153. The standard InChI is InChI=1S/C20H25N3O/c1-14-6-5-11-23(13-14)17-9-10-21-18(12-17)20(24)22-19-15(2)7-4-8-16(19)3/h4,7-10,12,14H,5-6,11,13H2,1-3H3,(H,22,24). The van der Waals surface area contributed by atoms with Crippen LogP contribution in [0.3, 0.4) is 0 Å². The summed E-state index contributed by atoms with van der Waals surface area (Å²) in [7, 11) is 0. The van der Waals surface area contributed by atoms with Crippen LogP contribution in [0.5, 0.6) is 0 Å². The van der Waals surface area contributed by atoms with Gasteiger partial charge in [-0.25, -0.2) is 0 Å². The van der Waals surface area contributed by atoms with Crippen molar-refractivity contribution < 1.29 is 4.79 Å². The number of para-hydroxylation sites is 1. The van der Waals surface area contributed by atoms with E-state index in [-0.39, 0.29) is 5.91 Å². The van der Waals surface area contributed by atoms with Crippen LogP contribution in [0.2, 0.25) is 0 Å². The predicted molar refractivity (Wildman–Crippen MR) is 98.7 cm³/mol. The second-order valence-corrected chi connectivity index (χ2v) is 6.81. The molecule has 1 aliphatic rings. The average Bonchev–Trinajstić information content (AvgIpc) is 2.58. The second-order valence-electron chi connectivity index (χ2n) is 6.81. The van der Waals surface area contributed by atoms with Crippen molar-refractivity contribution >= 4 is 17.3 Å². The minimum atomic E-state index is -0.153. The third-order valence-electron chi connectivity index (χ3n) is 4.72. The van der Waals surface area contributed by atoms with Crippen molar-refractivity contribution in [3.63, 3.8) is 0 Å². The van der Waals surface area contributed by atoms with Gasteiger partial charge in [0.05, 0.1) is 0 Å². The smallest absolute Gasteiger partial charge is 0.274 e. The maximum absolute atomic E-state index is 12.6. The zero-order valence-electron chi connectivity index (χ0n) is 14.7. The number of aryl methyl sites for hydroxylation is 2. The van der Waals surface area contributed by atoms with Crippen molar-refractivity contribution in [3.8, 4) is 0 Å². The molecule has 126 valence electrons. The Hall–Kier alpha value is -2.36. The van der Waals surface area contributed by atoms with E-state index in [1.807, 2.05) is 44.2 Å². The van der Waals surface area contributed by atoms with Gasteiger partial charge in [-0.05, 0) is 55.9 Å². The maximum Gasteiger partial charge on any atom is 0.274 e. The van der Waals surface area contributed by atoms with Crippen LogP contribution in [0.1, 0.15) is 41.4 Å². The van der Waals surface area contributed by atoms with Gasteiger partial charge in [0.15, 0.2) is 0 Å². The molecule has 0 aliphatic carbocycles. The van der Waals surface area contributed by atoms with Gasteiger partial charge in [0, 0.05) is 30.7 Å². The van der Waals surface area contributed by atoms with Crippen molar-refractivity contribution in [3.05, 3.63) is 53.3 Å². The number of benzene rings is 1. The van der Waals surface area contributed by atoms with E-state index in [1.54, 1.807) is 6.20 Å². The molecule has 1 amide bonds. The molecule has 0 spiro atoms. The van der Waals surface area contributed by atoms with Crippen LogP contribution in [-0.4, -0.2) is 24.0 Å². The Morgan fingerprint density at radius 1 is 1.25 bits per heavy atom. The molecule has 0 radical (unpaired) electrons. The van der Waals surface area contributed by atoms with Gasteiger partial charge in [-0.15, -0.1) is 0 Å². The number of nitrogens with one attached hydrogen (secondary N) is 1. The Morgan fingerprint density at radius 3 is 2.71 bits per heavy atom. The highest BCUT2D eigenvalue weighted by atomic mass is 16.1. The number of carbonyl (C=O) groups is 1. The molecule has 1 N–H and O–H groups in total. The highest BCUT2D eigenvalue weighted by Gasteiger charge is 2.18. The number of amides is 1. The van der Waals surface area contributed by atoms with E-state index in [1.165, 1.54) is 12.8 Å². The molecule has 4 heteroatoms. The molecule has 0 bridgehead atoms. The number of aromatic nitrogens is 1. The first kappa shape index (κ1) is 16.5. The van der Waals surface area contributed by atoms with Gasteiger partial charge < -0.3 is 10.2 Å². The summed E-state index contributed by atoms with van der Waals surface area (Å²) in [5.41, 5.74) is 4.55. The Kier molecular flexibility index (Phi) is 4.84. The SMILES string of the molecule is Cc1cccc(C)c1NC(=O)c1cc(N2CCCC(C)C2)ccn1. The largest absolute Gasteiger partial charge is 0.371 e. The quantitative estimate of drug-likeness (QED) is 0.921. The lowest BCUT2D eigenvalue weighted by atomic mass is 10.00. The van der Waals surface area contributed by atoms with E-state index < -0.39 is 0 Å². The maximum atomic E-state index is 12.6. The first-order valence-corrected chi connectivity index (χ1v) is 8.63. The van der Waals surface area contributed by atoms with E-state index >= 15 is 0 Å². The third kappa shape index (κ3) is 3.58. The van der Waals surface area contributed by atoms with E-state index in [4.69, 9.17) is 0 Å². The van der Waals surface area contributed by atoms with E-state index in [0.717, 1.165) is 35.6 Å². The van der Waals surface area contributed by atoms with E-state index in [2.05, 4.69) is 22.1 Å². The molecule has 1 atom stereocenters. The zero-order valence-corrected chi connectivity index (χ0v) is 14.7. The van der Waals surface area contributed by atoms with Crippen LogP contribution in [-0.2, 0) is 0 Å². The lowest BCUT2D eigenvalue weighted by Gasteiger charge is -2.32. The number of hydrogen-bond donors (Lipinski definition) is 1. The molecule has 0 saturated carbocycles. The van der Waals surface area contributed by atoms with Gasteiger partial charge in [-0.1, -0.05) is 25.1 Å². The number of carbonyl (C=O) groups excluding carboxylic acids is 1. The Labute approximate surface area is 143 Å². The number of piperidine rings is 1. The molecule has 1 unspecified atom stereocenters. The van der Waals surface area contributed by atoms with E-state index in [9.17, 15) is 4.79 Å². The van der Waals surface area contributed by atoms with Crippen molar-refractivity contribution in [2.24, 2.45) is 5.92 Å². The van der Waals surface area contributed by atoms with Crippen LogP contribution in [0, 0.1) is 19.8 Å². The number of anilines is 2. The Balaban J connectivity index is 1.79. The van der Waals surface area contributed by atoms with Gasteiger partial charge in [0.25, 0.3) is 5.91 Å². The molecular formula is C20H25N3O. The summed E-state index contributed by atoms with van der Waals surface area (Å²) in [4.78, 5) is 19.2. The summed E-state index contributed by atoms with van der Waals surface area (Å²) in [5, 5.41) is 3.01. The molecule has 2 aromatic rings. The molecule has 1 fully saturated rings. The van der Waals surface area contributed by atoms with Crippen LogP contribution in [0.15, 0.2) is 36.5 Å². The molecule has 3 rings (SSSR count). The average molecular weight is 323 g/mol. The number of hydrogen-bond acceptors (Lipinski definition) is 3. The fourth-order valence-corrected chi connectivity index (χ4v) is 3.35. The Morgan fingerprint density at radius 2 is 2.00 bits per heavy atom. The van der Waals surface area contributed by atoms with E-state index in [0.29, 0.717) is 11.6 Å². The lowest BCUT2D eigenvalue weighted by molar-refractivity contribution is 0.102. The van der Waals surface area contributed by atoms with Crippen molar-refractivity contribution in [2.45, 2.75) is 33.6 Å². The van der Waals surface area contributed by atoms with Gasteiger partial charge in [-0.3, -0.25) is 9.78 Å². The summed E-state index contributed by atoms with van der Waals surface area (Å²) in [5.74, 6) is 0.540. The van der Waals surface area contributed by atoms with Crippen LogP contribution < -0.4 is 10.2 Å². The molecule has 1 aromatic carbocycles. The predicted octanol–water partition coefficient (Wildman–Crippen LogP) is 4.19. The van der Waals surface area contributed by atoms with Gasteiger partial charge in [-0.2, -0.15) is 0 Å². The van der Waals surface area contributed by atoms with Gasteiger partial charge in [0.2, 0.25) is 0 Å². The molecule has 1 saturated heterocycles. The number of nitrogens with zero attached hydrogens (tertiary/aromatic N) is 2. The summed E-state index contributed by atoms with van der Waals surface area (Å²) in [6, 6.07) is 9.90. The third-order valence-corrected chi connectivity index (χ3v) is 4.72. The summed E-state index contributed by atoms with van der Waals surface area (Å²) >= 11 is 0. The van der Waals surface area contributed by atoms with Crippen molar-refractivity contribution in [1.29, 1.82) is 0 Å². The number of pyridine rings is 1. The summed E-state index contributed by atoms with van der Waals surface area (Å²) in [6.45, 7) is 8.37. The highest BCUT2D eigenvalue weighted by molar-refractivity contribution is 6.04. The van der Waals surface area contributed by atoms with Gasteiger partial charge in [0.1, 0.15) is 5.69 Å². The second kappa shape index (κ2) is 7.04. The summed E-state index contributed by atoms with van der Waals surface area (Å²) < 4.78 is 0. The fourth-order valence-electron chi connectivity index (χ4n) is 3.35. The minimum Gasteiger partial charge on any atom is -0.371 e. The normalized spacial score (nSPS) is 17.6. The molecule has 2 heterocycles. The number of rotatable bonds is 3. The molecule has 24 heavy (non-hydrogen) atoms. The molecule has 1 aliphatic heterocycles.